The lowest BCUT2D eigenvalue weighted by Gasteiger charge is -2.34. The smallest absolute Gasteiger partial charge is 0.142 e. The van der Waals surface area contributed by atoms with Gasteiger partial charge in [0.1, 0.15) is 5.75 Å². The Kier molecular flexibility index (Phi) is 3.54. The first-order valence-corrected chi connectivity index (χ1v) is 5.92. The third-order valence-electron chi connectivity index (χ3n) is 3.47. The van der Waals surface area contributed by atoms with Gasteiger partial charge in [-0.15, -0.1) is 0 Å². The highest BCUT2D eigenvalue weighted by atomic mass is 16.5. The van der Waals surface area contributed by atoms with Gasteiger partial charge in [-0.1, -0.05) is 6.07 Å². The van der Waals surface area contributed by atoms with E-state index in [1.807, 2.05) is 25.2 Å². The molecule has 2 atom stereocenters. The Balaban J connectivity index is 2.22. The zero-order chi connectivity index (χ0) is 12.4. The number of ether oxygens (including phenoxy) is 1. The molecule has 2 rings (SSSR count). The summed E-state index contributed by atoms with van der Waals surface area (Å²) in [6.07, 6.45) is 0.646. The fraction of sp³-hybridized carbons (Fsp3) is 0.538. The van der Waals surface area contributed by atoms with E-state index in [2.05, 4.69) is 4.90 Å². The van der Waals surface area contributed by atoms with E-state index in [4.69, 9.17) is 10.5 Å². The monoisotopic (exact) mass is 236 g/mol. The molecule has 94 valence electrons. The molecule has 1 aromatic rings. The van der Waals surface area contributed by atoms with Gasteiger partial charge in [0, 0.05) is 12.5 Å². The number of benzene rings is 1. The summed E-state index contributed by atoms with van der Waals surface area (Å²) < 4.78 is 5.22. The van der Waals surface area contributed by atoms with Crippen LogP contribution in [0.3, 0.4) is 0 Å². The van der Waals surface area contributed by atoms with Gasteiger partial charge in [0.05, 0.1) is 18.9 Å². The number of nitrogens with zero attached hydrogens (tertiary/aromatic N) is 1. The summed E-state index contributed by atoms with van der Waals surface area (Å²) in [5.74, 6) is 0.870. The van der Waals surface area contributed by atoms with Gasteiger partial charge < -0.3 is 20.5 Å². The number of nitrogens with two attached hydrogens (primary N) is 1. The molecule has 0 radical (unpaired) electrons. The molecule has 1 aliphatic heterocycles. The molecule has 3 N–H and O–H groups in total. The predicted octanol–water partition coefficient (Wildman–Crippen LogP) is 1.06. The average molecular weight is 236 g/mol. The number of aliphatic hydroxyl groups is 1. The normalized spacial score (nSPS) is 25.8. The Labute approximate surface area is 102 Å². The van der Waals surface area contributed by atoms with Crippen LogP contribution >= 0.6 is 0 Å². The van der Waals surface area contributed by atoms with Crippen molar-refractivity contribution in [2.75, 3.05) is 33.0 Å². The number of methoxy groups -OCH3 is 1. The Hall–Kier alpha value is -1.26. The van der Waals surface area contributed by atoms with Crippen LogP contribution in [-0.2, 0) is 0 Å². The summed E-state index contributed by atoms with van der Waals surface area (Å²) >= 11 is 0. The molecule has 0 amide bonds. The standard InChI is InChI=1S/C13H20N2O2/c1-15-6-5-10(12(16)8-15)9-3-4-11(14)13(7-9)17-2/h3-4,7,10,12,16H,5-6,8,14H2,1-2H3/t10-,12-/m0/s1. The van der Waals surface area contributed by atoms with E-state index in [0.717, 1.165) is 25.1 Å². The molecule has 0 aromatic heterocycles. The maximum Gasteiger partial charge on any atom is 0.142 e. The van der Waals surface area contributed by atoms with Gasteiger partial charge in [0.25, 0.3) is 0 Å². The SMILES string of the molecule is COc1cc([C@@H]2CCN(C)C[C@@H]2O)ccc1N. The molecular weight excluding hydrogens is 216 g/mol. The number of aliphatic hydroxyl groups excluding tert-OH is 1. The van der Waals surface area contributed by atoms with Crippen LogP contribution in [0.5, 0.6) is 5.75 Å². The molecule has 0 bridgehead atoms. The van der Waals surface area contributed by atoms with E-state index in [9.17, 15) is 5.11 Å². The van der Waals surface area contributed by atoms with Crippen LogP contribution in [0, 0.1) is 0 Å². The van der Waals surface area contributed by atoms with Crippen molar-refractivity contribution >= 4 is 5.69 Å². The molecular formula is C13H20N2O2. The van der Waals surface area contributed by atoms with E-state index < -0.39 is 0 Å². The number of β-amino-alcohol motifs (C(OH)–C–C–N with tert-alkyl or cyclic N) is 1. The third kappa shape index (κ3) is 2.53. The van der Waals surface area contributed by atoms with Gasteiger partial charge in [0.2, 0.25) is 0 Å². The van der Waals surface area contributed by atoms with Crippen LogP contribution in [0.25, 0.3) is 0 Å². The number of piperidine rings is 1. The van der Waals surface area contributed by atoms with Gasteiger partial charge in [-0.2, -0.15) is 0 Å². The first-order chi connectivity index (χ1) is 8.11. The lowest BCUT2D eigenvalue weighted by atomic mass is 9.87. The van der Waals surface area contributed by atoms with Gasteiger partial charge in [-0.25, -0.2) is 0 Å². The largest absolute Gasteiger partial charge is 0.495 e. The number of rotatable bonds is 2. The lowest BCUT2D eigenvalue weighted by Crippen LogP contribution is -2.40. The number of nitrogen functional groups attached to an aromatic ring is 1. The van der Waals surface area contributed by atoms with Crippen molar-refractivity contribution in [1.29, 1.82) is 0 Å². The predicted molar refractivity (Wildman–Crippen MR) is 68.3 cm³/mol. The zero-order valence-electron chi connectivity index (χ0n) is 10.4. The van der Waals surface area contributed by atoms with Crippen molar-refractivity contribution in [2.24, 2.45) is 0 Å². The summed E-state index contributed by atoms with van der Waals surface area (Å²) in [7, 11) is 3.64. The van der Waals surface area contributed by atoms with Crippen LogP contribution < -0.4 is 10.5 Å². The highest BCUT2D eigenvalue weighted by molar-refractivity contribution is 5.54. The number of hydrogen-bond donors (Lipinski definition) is 2. The quantitative estimate of drug-likeness (QED) is 0.754. The van der Waals surface area contributed by atoms with E-state index in [-0.39, 0.29) is 12.0 Å². The van der Waals surface area contributed by atoms with E-state index in [1.54, 1.807) is 7.11 Å². The van der Waals surface area contributed by atoms with Crippen molar-refractivity contribution in [3.8, 4) is 5.75 Å². The first-order valence-electron chi connectivity index (χ1n) is 5.92. The second kappa shape index (κ2) is 4.94. The first kappa shape index (κ1) is 12.2. The molecule has 1 aliphatic rings. The van der Waals surface area contributed by atoms with E-state index in [0.29, 0.717) is 11.4 Å². The van der Waals surface area contributed by atoms with Crippen molar-refractivity contribution in [3.63, 3.8) is 0 Å². The molecule has 0 saturated carbocycles. The molecule has 0 unspecified atom stereocenters. The fourth-order valence-corrected chi connectivity index (χ4v) is 2.44. The van der Waals surface area contributed by atoms with Crippen molar-refractivity contribution in [2.45, 2.75) is 18.4 Å². The molecule has 1 heterocycles. The summed E-state index contributed by atoms with van der Waals surface area (Å²) in [6.45, 7) is 1.73. The minimum absolute atomic E-state index is 0.181. The molecule has 0 spiro atoms. The average Bonchev–Trinajstić information content (AvgIpc) is 2.30. The Bertz CT molecular complexity index is 395. The molecule has 4 nitrogen and oxygen atoms in total. The van der Waals surface area contributed by atoms with Crippen LogP contribution in [0.1, 0.15) is 17.9 Å². The Morgan fingerprint density at radius 2 is 2.24 bits per heavy atom. The highest BCUT2D eigenvalue weighted by Gasteiger charge is 2.27. The molecule has 1 saturated heterocycles. The van der Waals surface area contributed by atoms with Crippen molar-refractivity contribution in [3.05, 3.63) is 23.8 Å². The topological polar surface area (TPSA) is 58.7 Å². The highest BCUT2D eigenvalue weighted by Crippen LogP contribution is 2.32. The molecule has 1 fully saturated rings. The van der Waals surface area contributed by atoms with E-state index >= 15 is 0 Å². The summed E-state index contributed by atoms with van der Waals surface area (Å²) in [5.41, 5.74) is 7.54. The van der Waals surface area contributed by atoms with Gasteiger partial charge >= 0.3 is 0 Å². The molecule has 0 aliphatic carbocycles. The van der Waals surface area contributed by atoms with Crippen LogP contribution in [-0.4, -0.2) is 43.4 Å². The number of likely N-dealkylation sites (N-methyl/N-ethyl adjacent to an activating group) is 1. The van der Waals surface area contributed by atoms with Gasteiger partial charge in [-0.05, 0) is 37.7 Å². The third-order valence-corrected chi connectivity index (χ3v) is 3.47. The zero-order valence-corrected chi connectivity index (χ0v) is 10.4. The summed E-state index contributed by atoms with van der Waals surface area (Å²) in [6, 6.07) is 5.77. The second-order valence-corrected chi connectivity index (χ2v) is 4.73. The lowest BCUT2D eigenvalue weighted by molar-refractivity contribution is 0.0637. The Morgan fingerprint density at radius 3 is 2.88 bits per heavy atom. The maximum absolute atomic E-state index is 10.1. The van der Waals surface area contributed by atoms with Gasteiger partial charge in [-0.3, -0.25) is 0 Å². The fourth-order valence-electron chi connectivity index (χ4n) is 2.44. The number of likely N-dealkylation sites (tertiary alicyclic amines) is 1. The minimum atomic E-state index is -0.318. The van der Waals surface area contributed by atoms with Gasteiger partial charge in [0.15, 0.2) is 0 Å². The number of hydrogen-bond acceptors (Lipinski definition) is 4. The second-order valence-electron chi connectivity index (χ2n) is 4.73. The van der Waals surface area contributed by atoms with Crippen LogP contribution in [0.4, 0.5) is 5.69 Å². The molecule has 4 heteroatoms. The Morgan fingerprint density at radius 1 is 1.47 bits per heavy atom. The maximum atomic E-state index is 10.1. The van der Waals surface area contributed by atoms with Crippen LogP contribution in [0.15, 0.2) is 18.2 Å². The number of anilines is 1. The van der Waals surface area contributed by atoms with Crippen molar-refractivity contribution < 1.29 is 9.84 Å². The molecule has 1 aromatic carbocycles. The minimum Gasteiger partial charge on any atom is -0.495 e. The van der Waals surface area contributed by atoms with Crippen LogP contribution in [0.2, 0.25) is 0 Å². The summed E-state index contributed by atoms with van der Waals surface area (Å²) in [4.78, 5) is 2.15. The summed E-state index contributed by atoms with van der Waals surface area (Å²) in [5, 5.41) is 10.1. The molecule has 17 heavy (non-hydrogen) atoms. The van der Waals surface area contributed by atoms with E-state index in [1.165, 1.54) is 0 Å². The van der Waals surface area contributed by atoms with Crippen molar-refractivity contribution in [1.82, 2.24) is 4.90 Å².